The van der Waals surface area contributed by atoms with E-state index in [-0.39, 0.29) is 5.56 Å². The highest BCUT2D eigenvalue weighted by molar-refractivity contribution is 6.04. The van der Waals surface area contributed by atoms with Crippen molar-refractivity contribution in [3.05, 3.63) is 36.0 Å². The third-order valence-corrected chi connectivity index (χ3v) is 2.42. The summed E-state index contributed by atoms with van der Waals surface area (Å²) in [5, 5.41) is 9.69. The largest absolute Gasteiger partial charge is 0.491 e. The molecule has 0 radical (unpaired) electrons. The first kappa shape index (κ1) is 11.4. The number of fused-ring (bicyclic) bond motifs is 1. The molecule has 0 amide bonds. The van der Waals surface area contributed by atoms with Crippen LogP contribution in [-0.2, 0) is 0 Å². The zero-order valence-corrected chi connectivity index (χ0v) is 9.51. The molecule has 88 valence electrons. The molecule has 0 saturated carbocycles. The van der Waals surface area contributed by atoms with Gasteiger partial charge in [-0.25, -0.2) is 4.79 Å². The lowest BCUT2D eigenvalue weighted by Gasteiger charge is -2.09. The topological polar surface area (TPSA) is 59.4 Å². The fourth-order valence-electron chi connectivity index (χ4n) is 1.66. The number of hydrogen-bond acceptors (Lipinski definition) is 3. The molecule has 1 heterocycles. The Morgan fingerprint density at radius 3 is 2.94 bits per heavy atom. The van der Waals surface area contributed by atoms with Crippen molar-refractivity contribution in [2.45, 2.75) is 13.3 Å². The number of hydrogen-bond donors (Lipinski definition) is 1. The van der Waals surface area contributed by atoms with Crippen LogP contribution in [0.3, 0.4) is 0 Å². The normalized spacial score (nSPS) is 10.4. The second-order valence-electron chi connectivity index (χ2n) is 3.66. The van der Waals surface area contributed by atoms with Crippen molar-refractivity contribution in [1.82, 2.24) is 4.98 Å². The average Bonchev–Trinajstić information content (AvgIpc) is 2.35. The monoisotopic (exact) mass is 231 g/mol. The van der Waals surface area contributed by atoms with Crippen molar-refractivity contribution in [3.8, 4) is 5.75 Å². The van der Waals surface area contributed by atoms with Crippen LogP contribution in [0.4, 0.5) is 0 Å². The summed E-state index contributed by atoms with van der Waals surface area (Å²) in [6.07, 6.45) is 2.53. The summed E-state index contributed by atoms with van der Waals surface area (Å²) < 4.78 is 5.55. The molecule has 0 unspecified atom stereocenters. The van der Waals surface area contributed by atoms with Gasteiger partial charge in [-0.2, -0.15) is 0 Å². The van der Waals surface area contributed by atoms with Crippen LogP contribution in [-0.4, -0.2) is 22.7 Å². The molecule has 0 aliphatic heterocycles. The van der Waals surface area contributed by atoms with Crippen molar-refractivity contribution in [2.24, 2.45) is 0 Å². The van der Waals surface area contributed by atoms with Gasteiger partial charge < -0.3 is 9.84 Å². The minimum atomic E-state index is -0.954. The van der Waals surface area contributed by atoms with Crippen molar-refractivity contribution in [2.75, 3.05) is 6.61 Å². The van der Waals surface area contributed by atoms with Crippen molar-refractivity contribution < 1.29 is 14.6 Å². The summed E-state index contributed by atoms with van der Waals surface area (Å²) in [5.74, 6) is -0.322. The molecule has 4 nitrogen and oxygen atoms in total. The van der Waals surface area contributed by atoms with Crippen molar-refractivity contribution >= 4 is 16.9 Å². The quantitative estimate of drug-likeness (QED) is 0.878. The summed E-state index contributed by atoms with van der Waals surface area (Å²) in [7, 11) is 0. The summed E-state index contributed by atoms with van der Waals surface area (Å²) in [6, 6.07) is 6.68. The number of nitrogens with zero attached hydrogens (tertiary/aromatic N) is 1. The third-order valence-electron chi connectivity index (χ3n) is 2.42. The lowest BCUT2D eigenvalue weighted by Crippen LogP contribution is -2.01. The van der Waals surface area contributed by atoms with Crippen molar-refractivity contribution in [3.63, 3.8) is 0 Å². The van der Waals surface area contributed by atoms with Gasteiger partial charge in [0.2, 0.25) is 0 Å². The number of benzene rings is 1. The Morgan fingerprint density at radius 2 is 2.24 bits per heavy atom. The van der Waals surface area contributed by atoms with Crippen LogP contribution in [0.1, 0.15) is 23.7 Å². The maximum atomic E-state index is 11.1. The molecule has 4 heteroatoms. The molecule has 1 aromatic carbocycles. The van der Waals surface area contributed by atoms with Gasteiger partial charge in [0.15, 0.2) is 0 Å². The van der Waals surface area contributed by atoms with E-state index in [1.807, 2.05) is 6.92 Å². The maximum Gasteiger partial charge on any atom is 0.336 e. The van der Waals surface area contributed by atoms with Gasteiger partial charge in [0.05, 0.1) is 12.2 Å². The van der Waals surface area contributed by atoms with Gasteiger partial charge in [-0.15, -0.1) is 0 Å². The van der Waals surface area contributed by atoms with Gasteiger partial charge in [-0.05, 0) is 24.6 Å². The lowest BCUT2D eigenvalue weighted by atomic mass is 10.1. The molecule has 1 aromatic heterocycles. The Morgan fingerprint density at radius 1 is 1.41 bits per heavy atom. The molecule has 0 aliphatic carbocycles. The lowest BCUT2D eigenvalue weighted by molar-refractivity contribution is 0.0699. The first-order valence-corrected chi connectivity index (χ1v) is 5.48. The number of carboxylic acids is 1. The van der Waals surface area contributed by atoms with Crippen molar-refractivity contribution in [1.29, 1.82) is 0 Å². The SMILES string of the molecule is CCCOc1ccc(C(=O)O)c2cccnc12. The molecule has 0 fully saturated rings. The van der Waals surface area contributed by atoms with Gasteiger partial charge in [-0.1, -0.05) is 13.0 Å². The number of pyridine rings is 1. The van der Waals surface area contributed by atoms with Crippen LogP contribution >= 0.6 is 0 Å². The average molecular weight is 231 g/mol. The summed E-state index contributed by atoms with van der Waals surface area (Å²) in [4.78, 5) is 15.3. The predicted octanol–water partition coefficient (Wildman–Crippen LogP) is 2.72. The number of aromatic nitrogens is 1. The van der Waals surface area contributed by atoms with E-state index in [0.29, 0.717) is 23.3 Å². The molecule has 0 atom stereocenters. The molecule has 0 spiro atoms. The zero-order chi connectivity index (χ0) is 12.3. The minimum absolute atomic E-state index is 0.247. The zero-order valence-electron chi connectivity index (χ0n) is 9.51. The van der Waals surface area contributed by atoms with Gasteiger partial charge >= 0.3 is 5.97 Å². The van der Waals surface area contributed by atoms with Gasteiger partial charge in [0.1, 0.15) is 11.3 Å². The summed E-state index contributed by atoms with van der Waals surface area (Å²) in [5.41, 5.74) is 0.845. The smallest absolute Gasteiger partial charge is 0.336 e. The summed E-state index contributed by atoms with van der Waals surface area (Å²) >= 11 is 0. The molecule has 0 bridgehead atoms. The second kappa shape index (κ2) is 4.82. The van der Waals surface area contributed by atoms with Crippen LogP contribution < -0.4 is 4.74 Å². The molecule has 0 aliphatic rings. The molecule has 1 N–H and O–H groups in total. The van der Waals surface area contributed by atoms with E-state index < -0.39 is 5.97 Å². The number of rotatable bonds is 4. The highest BCUT2D eigenvalue weighted by Gasteiger charge is 2.12. The first-order valence-electron chi connectivity index (χ1n) is 5.48. The number of carbonyl (C=O) groups is 1. The standard InChI is InChI=1S/C13H13NO3/c1-2-8-17-11-6-5-10(13(15)16)9-4-3-7-14-12(9)11/h3-7H,2,8H2,1H3,(H,15,16). The summed E-state index contributed by atoms with van der Waals surface area (Å²) in [6.45, 7) is 2.61. The minimum Gasteiger partial charge on any atom is -0.491 e. The van der Waals surface area contributed by atoms with E-state index in [1.165, 1.54) is 0 Å². The molecular formula is C13H13NO3. The number of carboxylic acid groups (broad SMARTS) is 1. The second-order valence-corrected chi connectivity index (χ2v) is 3.66. The highest BCUT2D eigenvalue weighted by Crippen LogP contribution is 2.26. The molecule has 2 rings (SSSR count). The Kier molecular flexibility index (Phi) is 3.23. The fourth-order valence-corrected chi connectivity index (χ4v) is 1.66. The third kappa shape index (κ3) is 2.20. The Labute approximate surface area is 98.9 Å². The van der Waals surface area contributed by atoms with Crippen LogP contribution in [0.25, 0.3) is 10.9 Å². The van der Waals surface area contributed by atoms with Gasteiger partial charge in [0.25, 0.3) is 0 Å². The predicted molar refractivity (Wildman–Crippen MR) is 64.5 cm³/mol. The Balaban J connectivity index is 2.58. The van der Waals surface area contributed by atoms with E-state index in [0.717, 1.165) is 6.42 Å². The van der Waals surface area contributed by atoms with Gasteiger partial charge in [-0.3, -0.25) is 4.98 Å². The maximum absolute atomic E-state index is 11.1. The molecule has 0 saturated heterocycles. The van der Waals surface area contributed by atoms with E-state index in [9.17, 15) is 4.79 Å². The Bertz CT molecular complexity index is 551. The first-order chi connectivity index (χ1) is 8.24. The molecule has 2 aromatic rings. The highest BCUT2D eigenvalue weighted by atomic mass is 16.5. The fraction of sp³-hybridized carbons (Fsp3) is 0.231. The molecular weight excluding hydrogens is 218 g/mol. The van der Waals surface area contributed by atoms with E-state index in [1.54, 1.807) is 30.5 Å². The van der Waals surface area contributed by atoms with E-state index >= 15 is 0 Å². The Hall–Kier alpha value is -2.10. The van der Waals surface area contributed by atoms with E-state index in [2.05, 4.69) is 4.98 Å². The van der Waals surface area contributed by atoms with Crippen LogP contribution in [0.5, 0.6) is 5.75 Å². The van der Waals surface area contributed by atoms with Crippen LogP contribution in [0.15, 0.2) is 30.5 Å². The molecule has 17 heavy (non-hydrogen) atoms. The number of ether oxygens (including phenoxy) is 1. The van der Waals surface area contributed by atoms with Crippen LogP contribution in [0.2, 0.25) is 0 Å². The van der Waals surface area contributed by atoms with E-state index in [4.69, 9.17) is 9.84 Å². The van der Waals surface area contributed by atoms with Crippen LogP contribution in [0, 0.1) is 0 Å². The van der Waals surface area contributed by atoms with Gasteiger partial charge in [0, 0.05) is 11.6 Å². The number of aromatic carboxylic acids is 1.